The Balaban J connectivity index is 1.95. The quantitative estimate of drug-likeness (QED) is 0.646. The van der Waals surface area contributed by atoms with Gasteiger partial charge in [0.2, 0.25) is 10.0 Å². The Hall–Kier alpha value is -0.240. The number of piperidine rings is 1. The maximum Gasteiger partial charge on any atom is 0.211 e. The summed E-state index contributed by atoms with van der Waals surface area (Å²) in [5, 5.41) is 0. The molecule has 1 aliphatic rings. The fraction of sp³-hybridized carbons (Fsp3) is 0.538. The molecule has 0 aromatic heterocycles. The fourth-order valence-corrected chi connectivity index (χ4v) is 4.89. The average Bonchev–Trinajstić information content (AvgIpc) is 2.39. The van der Waals surface area contributed by atoms with E-state index in [0.717, 1.165) is 33.7 Å². The third-order valence-corrected chi connectivity index (χ3v) is 6.47. The van der Waals surface area contributed by atoms with Crippen molar-refractivity contribution < 1.29 is 8.42 Å². The minimum Gasteiger partial charge on any atom is -0.398 e. The maximum atomic E-state index is 11.6. The molecule has 1 aromatic rings. The lowest BCUT2D eigenvalue weighted by atomic mass is 10.0. The lowest BCUT2D eigenvalue weighted by molar-refractivity contribution is 0.286. The first kappa shape index (κ1) is 16.1. The number of sulfonamides is 1. The van der Waals surface area contributed by atoms with Gasteiger partial charge in [-0.15, -0.1) is 11.8 Å². The second-order valence-electron chi connectivity index (χ2n) is 5.12. The molecule has 0 bridgehead atoms. The van der Waals surface area contributed by atoms with Gasteiger partial charge in [-0.3, -0.25) is 0 Å². The largest absolute Gasteiger partial charge is 0.398 e. The van der Waals surface area contributed by atoms with E-state index in [9.17, 15) is 8.42 Å². The molecule has 20 heavy (non-hydrogen) atoms. The number of rotatable bonds is 4. The van der Waals surface area contributed by atoms with E-state index in [1.165, 1.54) is 6.26 Å². The summed E-state index contributed by atoms with van der Waals surface area (Å²) in [7, 11) is -3.06. The van der Waals surface area contributed by atoms with Crippen LogP contribution in [0.15, 0.2) is 27.6 Å². The summed E-state index contributed by atoms with van der Waals surface area (Å²) < 4.78 is 25.8. The molecular weight excluding hydrogens is 360 g/mol. The number of anilines is 1. The number of hydrogen-bond donors (Lipinski definition) is 1. The zero-order valence-corrected chi connectivity index (χ0v) is 14.6. The first-order valence-corrected chi connectivity index (χ1v) is 10.1. The van der Waals surface area contributed by atoms with Crippen LogP contribution in [0.4, 0.5) is 5.69 Å². The second-order valence-corrected chi connectivity index (χ2v) is 9.08. The maximum absolute atomic E-state index is 11.6. The van der Waals surface area contributed by atoms with Crippen molar-refractivity contribution in [3.63, 3.8) is 0 Å². The van der Waals surface area contributed by atoms with Crippen LogP contribution in [0.5, 0.6) is 0 Å². The zero-order valence-electron chi connectivity index (χ0n) is 11.4. The minimum atomic E-state index is -3.06. The van der Waals surface area contributed by atoms with E-state index in [4.69, 9.17) is 5.73 Å². The number of thioether (sulfide) groups is 1. The Morgan fingerprint density at radius 3 is 2.95 bits per heavy atom. The molecule has 0 amide bonds. The highest BCUT2D eigenvalue weighted by molar-refractivity contribution is 9.10. The van der Waals surface area contributed by atoms with Crippen molar-refractivity contribution in [1.82, 2.24) is 4.31 Å². The van der Waals surface area contributed by atoms with Crippen molar-refractivity contribution in [2.45, 2.75) is 17.7 Å². The van der Waals surface area contributed by atoms with Crippen molar-refractivity contribution in [1.29, 1.82) is 0 Å². The standard InChI is InChI=1S/C13H19BrN2O2S2/c1-20(17,18)16-6-2-3-10(8-16)9-19-13-7-11(14)4-5-12(13)15/h4-5,7,10H,2-3,6,8-9,15H2,1H3. The lowest BCUT2D eigenvalue weighted by Crippen LogP contribution is -2.39. The van der Waals surface area contributed by atoms with Crippen LogP contribution < -0.4 is 5.73 Å². The van der Waals surface area contributed by atoms with Gasteiger partial charge in [-0.1, -0.05) is 15.9 Å². The van der Waals surface area contributed by atoms with Gasteiger partial charge in [0.05, 0.1) is 6.26 Å². The van der Waals surface area contributed by atoms with E-state index < -0.39 is 10.0 Å². The molecule has 1 unspecified atom stereocenters. The molecule has 7 heteroatoms. The predicted octanol–water partition coefficient (Wildman–Crippen LogP) is 2.80. The van der Waals surface area contributed by atoms with E-state index in [1.54, 1.807) is 16.1 Å². The van der Waals surface area contributed by atoms with Crippen LogP contribution in [-0.2, 0) is 10.0 Å². The molecule has 1 aliphatic heterocycles. The summed E-state index contributed by atoms with van der Waals surface area (Å²) in [5.74, 6) is 1.29. The molecule has 1 aromatic carbocycles. The summed E-state index contributed by atoms with van der Waals surface area (Å²) in [5.41, 5.74) is 6.73. The number of nitrogen functional groups attached to an aromatic ring is 1. The molecule has 1 atom stereocenters. The Morgan fingerprint density at radius 2 is 2.25 bits per heavy atom. The van der Waals surface area contributed by atoms with Crippen molar-refractivity contribution in [2.24, 2.45) is 5.92 Å². The number of halogens is 1. The SMILES string of the molecule is CS(=O)(=O)N1CCCC(CSc2cc(Br)ccc2N)C1. The van der Waals surface area contributed by atoms with Crippen molar-refractivity contribution >= 4 is 43.4 Å². The summed E-state index contributed by atoms with van der Waals surface area (Å²) in [6, 6.07) is 5.82. The highest BCUT2D eigenvalue weighted by Crippen LogP contribution is 2.31. The molecule has 0 spiro atoms. The monoisotopic (exact) mass is 378 g/mol. The van der Waals surface area contributed by atoms with Gasteiger partial charge >= 0.3 is 0 Å². The number of nitrogens with zero attached hydrogens (tertiary/aromatic N) is 1. The molecule has 1 saturated heterocycles. The van der Waals surface area contributed by atoms with Crippen LogP contribution in [0.2, 0.25) is 0 Å². The third-order valence-electron chi connectivity index (χ3n) is 3.40. The van der Waals surface area contributed by atoms with E-state index in [2.05, 4.69) is 15.9 Å². The van der Waals surface area contributed by atoms with E-state index in [0.29, 0.717) is 19.0 Å². The van der Waals surface area contributed by atoms with Crippen LogP contribution in [0.25, 0.3) is 0 Å². The summed E-state index contributed by atoms with van der Waals surface area (Å²) in [6.07, 6.45) is 3.30. The zero-order chi connectivity index (χ0) is 14.8. The molecule has 0 aliphatic carbocycles. The van der Waals surface area contributed by atoms with Gasteiger partial charge in [-0.2, -0.15) is 0 Å². The van der Waals surface area contributed by atoms with Crippen molar-refractivity contribution in [2.75, 3.05) is 30.8 Å². The highest BCUT2D eigenvalue weighted by Gasteiger charge is 2.25. The van der Waals surface area contributed by atoms with E-state index >= 15 is 0 Å². The average molecular weight is 379 g/mol. The Morgan fingerprint density at radius 1 is 1.50 bits per heavy atom. The van der Waals surface area contributed by atoms with Gasteiger partial charge in [0, 0.05) is 33.9 Å². The molecule has 1 fully saturated rings. The summed E-state index contributed by atoms with van der Waals surface area (Å²) >= 11 is 5.15. The molecule has 112 valence electrons. The Kier molecular flexibility index (Phi) is 5.39. The van der Waals surface area contributed by atoms with Crippen molar-refractivity contribution in [3.05, 3.63) is 22.7 Å². The second kappa shape index (κ2) is 6.68. The smallest absolute Gasteiger partial charge is 0.211 e. The van der Waals surface area contributed by atoms with Crippen LogP contribution in [0, 0.1) is 5.92 Å². The molecular formula is C13H19BrN2O2S2. The molecule has 4 nitrogen and oxygen atoms in total. The molecule has 1 heterocycles. The summed E-state index contributed by atoms with van der Waals surface area (Å²) in [6.45, 7) is 1.28. The Labute approximate surface area is 133 Å². The van der Waals surface area contributed by atoms with Crippen molar-refractivity contribution in [3.8, 4) is 0 Å². The van der Waals surface area contributed by atoms with E-state index in [1.807, 2.05) is 18.2 Å². The van der Waals surface area contributed by atoms with Crippen LogP contribution in [0.1, 0.15) is 12.8 Å². The number of nitrogens with two attached hydrogens (primary N) is 1. The van der Waals surface area contributed by atoms with Gasteiger partial charge in [0.15, 0.2) is 0 Å². The first-order chi connectivity index (χ1) is 9.36. The highest BCUT2D eigenvalue weighted by atomic mass is 79.9. The van der Waals surface area contributed by atoms with Crippen LogP contribution >= 0.6 is 27.7 Å². The molecule has 0 saturated carbocycles. The van der Waals surface area contributed by atoms with Gasteiger partial charge < -0.3 is 5.73 Å². The molecule has 2 rings (SSSR count). The first-order valence-electron chi connectivity index (χ1n) is 6.49. The molecule has 0 radical (unpaired) electrons. The van der Waals surface area contributed by atoms with E-state index in [-0.39, 0.29) is 0 Å². The van der Waals surface area contributed by atoms with Crippen LogP contribution in [-0.4, -0.2) is 37.8 Å². The van der Waals surface area contributed by atoms with Gasteiger partial charge in [0.25, 0.3) is 0 Å². The molecule has 2 N–H and O–H groups in total. The fourth-order valence-electron chi connectivity index (χ4n) is 2.30. The topological polar surface area (TPSA) is 63.4 Å². The summed E-state index contributed by atoms with van der Waals surface area (Å²) in [4.78, 5) is 1.05. The minimum absolute atomic E-state index is 0.391. The normalized spacial score (nSPS) is 21.0. The van der Waals surface area contributed by atoms with Gasteiger partial charge in [0.1, 0.15) is 0 Å². The number of benzene rings is 1. The number of hydrogen-bond acceptors (Lipinski definition) is 4. The van der Waals surface area contributed by atoms with Crippen LogP contribution in [0.3, 0.4) is 0 Å². The van der Waals surface area contributed by atoms with Gasteiger partial charge in [-0.05, 0) is 37.0 Å². The predicted molar refractivity (Wildman–Crippen MR) is 88.4 cm³/mol. The Bertz CT molecular complexity index is 578. The van der Waals surface area contributed by atoms with Gasteiger partial charge in [-0.25, -0.2) is 12.7 Å². The lowest BCUT2D eigenvalue weighted by Gasteiger charge is -2.30. The third kappa shape index (κ3) is 4.38.